The molecule has 4 heteroatoms. The molecule has 1 amide bonds. The van der Waals surface area contributed by atoms with Crippen molar-refractivity contribution >= 4 is 12.0 Å². The van der Waals surface area contributed by atoms with Crippen molar-refractivity contribution in [3.8, 4) is 11.5 Å². The summed E-state index contributed by atoms with van der Waals surface area (Å²) in [6.07, 6.45) is 4.19. The lowest BCUT2D eigenvalue weighted by Crippen LogP contribution is -2.23. The highest BCUT2D eigenvalue weighted by Gasteiger charge is 2.11. The van der Waals surface area contributed by atoms with E-state index in [4.69, 9.17) is 9.47 Å². The molecule has 0 saturated heterocycles. The first kappa shape index (κ1) is 17.1. The highest BCUT2D eigenvalue weighted by molar-refractivity contribution is 5.91. The molecule has 0 atom stereocenters. The van der Waals surface area contributed by atoms with Gasteiger partial charge in [0.2, 0.25) is 5.91 Å². The zero-order chi connectivity index (χ0) is 17.6. The summed E-state index contributed by atoms with van der Waals surface area (Å²) in [5.41, 5.74) is 4.56. The summed E-state index contributed by atoms with van der Waals surface area (Å²) in [5, 5.41) is 2.91. The second kappa shape index (κ2) is 7.88. The van der Waals surface area contributed by atoms with E-state index in [0.717, 1.165) is 29.0 Å². The van der Waals surface area contributed by atoms with Crippen LogP contribution in [0.3, 0.4) is 0 Å². The molecule has 1 N–H and O–H groups in total. The van der Waals surface area contributed by atoms with Gasteiger partial charge >= 0.3 is 0 Å². The van der Waals surface area contributed by atoms with E-state index in [1.165, 1.54) is 11.1 Å². The summed E-state index contributed by atoms with van der Waals surface area (Å²) < 4.78 is 11.1. The van der Waals surface area contributed by atoms with Crippen molar-refractivity contribution in [1.82, 2.24) is 5.32 Å². The molecule has 0 radical (unpaired) electrons. The summed E-state index contributed by atoms with van der Waals surface area (Å²) in [5.74, 6) is 1.48. The van der Waals surface area contributed by atoms with Gasteiger partial charge in [-0.25, -0.2) is 0 Å². The highest BCUT2D eigenvalue weighted by Crippen LogP contribution is 2.30. The van der Waals surface area contributed by atoms with E-state index in [-0.39, 0.29) is 5.91 Å². The molecule has 0 fully saturated rings. The van der Waals surface area contributed by atoms with Gasteiger partial charge in [0.15, 0.2) is 11.5 Å². The van der Waals surface area contributed by atoms with E-state index in [0.29, 0.717) is 19.8 Å². The molecule has 0 bridgehead atoms. The van der Waals surface area contributed by atoms with Crippen LogP contribution >= 0.6 is 0 Å². The second-order valence-corrected chi connectivity index (χ2v) is 6.21. The largest absolute Gasteiger partial charge is 0.486 e. The zero-order valence-electron chi connectivity index (χ0n) is 14.7. The standard InChI is InChI=1S/C21H23NO3/c1-15-3-5-18(16(2)13-15)6-8-21(23)22-10-9-17-4-7-19-20(14-17)25-12-11-24-19/h3-8,13-14H,9-12H2,1-2H3,(H,22,23)/b8-6+. The fourth-order valence-corrected chi connectivity index (χ4v) is 2.81. The lowest BCUT2D eigenvalue weighted by atomic mass is 10.1. The minimum Gasteiger partial charge on any atom is -0.486 e. The molecular formula is C21H23NO3. The third-order valence-corrected chi connectivity index (χ3v) is 4.16. The fourth-order valence-electron chi connectivity index (χ4n) is 2.81. The summed E-state index contributed by atoms with van der Waals surface area (Å²) >= 11 is 0. The first-order chi connectivity index (χ1) is 12.1. The Balaban J connectivity index is 1.50. The predicted octanol–water partition coefficient (Wildman–Crippen LogP) is 3.45. The molecule has 0 aromatic heterocycles. The van der Waals surface area contributed by atoms with Crippen LogP contribution in [-0.2, 0) is 11.2 Å². The summed E-state index contributed by atoms with van der Waals surface area (Å²) in [7, 11) is 0. The Morgan fingerprint density at radius 3 is 2.68 bits per heavy atom. The van der Waals surface area contributed by atoms with Crippen molar-refractivity contribution < 1.29 is 14.3 Å². The smallest absolute Gasteiger partial charge is 0.244 e. The van der Waals surface area contributed by atoms with Crippen LogP contribution in [0.5, 0.6) is 11.5 Å². The molecule has 0 aliphatic carbocycles. The molecule has 3 rings (SSSR count). The first-order valence-electron chi connectivity index (χ1n) is 8.53. The molecule has 1 aliphatic rings. The van der Waals surface area contributed by atoms with Gasteiger partial charge < -0.3 is 14.8 Å². The number of carbonyl (C=O) groups excluding carboxylic acids is 1. The Morgan fingerprint density at radius 1 is 1.08 bits per heavy atom. The molecule has 130 valence electrons. The van der Waals surface area contributed by atoms with Crippen molar-refractivity contribution in [3.05, 3.63) is 64.7 Å². The molecule has 1 aliphatic heterocycles. The van der Waals surface area contributed by atoms with Crippen LogP contribution in [0.15, 0.2) is 42.5 Å². The van der Waals surface area contributed by atoms with Gasteiger partial charge in [-0.1, -0.05) is 29.8 Å². The maximum atomic E-state index is 12.0. The average Bonchev–Trinajstić information content (AvgIpc) is 2.61. The Labute approximate surface area is 148 Å². The van der Waals surface area contributed by atoms with Gasteiger partial charge in [-0.05, 0) is 55.2 Å². The fraction of sp³-hybridized carbons (Fsp3) is 0.286. The van der Waals surface area contributed by atoms with Crippen molar-refractivity contribution in [2.45, 2.75) is 20.3 Å². The molecule has 2 aromatic carbocycles. The summed E-state index contributed by atoms with van der Waals surface area (Å²) in [6, 6.07) is 12.1. The number of aryl methyl sites for hydroxylation is 2. The normalized spacial score (nSPS) is 13.0. The van der Waals surface area contributed by atoms with Crippen LogP contribution in [0.25, 0.3) is 6.08 Å². The first-order valence-corrected chi connectivity index (χ1v) is 8.53. The zero-order valence-corrected chi connectivity index (χ0v) is 14.7. The monoisotopic (exact) mass is 337 g/mol. The van der Waals surface area contributed by atoms with Gasteiger partial charge in [0.1, 0.15) is 13.2 Å². The molecule has 4 nitrogen and oxygen atoms in total. The third-order valence-electron chi connectivity index (χ3n) is 4.16. The van der Waals surface area contributed by atoms with Gasteiger partial charge in [0.25, 0.3) is 0 Å². The van der Waals surface area contributed by atoms with Gasteiger partial charge in [0.05, 0.1) is 0 Å². The van der Waals surface area contributed by atoms with E-state index >= 15 is 0 Å². The van der Waals surface area contributed by atoms with Crippen LogP contribution < -0.4 is 14.8 Å². The van der Waals surface area contributed by atoms with E-state index in [9.17, 15) is 4.79 Å². The lowest BCUT2D eigenvalue weighted by Gasteiger charge is -2.18. The Bertz CT molecular complexity index is 796. The number of amides is 1. The SMILES string of the molecule is Cc1ccc(/C=C/C(=O)NCCc2ccc3c(c2)OCCO3)c(C)c1. The van der Waals surface area contributed by atoms with E-state index < -0.39 is 0 Å². The van der Waals surface area contributed by atoms with Crippen LogP contribution in [0.2, 0.25) is 0 Å². The minimum absolute atomic E-state index is 0.0856. The number of hydrogen-bond acceptors (Lipinski definition) is 3. The Kier molecular flexibility index (Phi) is 5.39. The maximum absolute atomic E-state index is 12.0. The van der Waals surface area contributed by atoms with Crippen LogP contribution in [0, 0.1) is 13.8 Å². The van der Waals surface area contributed by atoms with Crippen LogP contribution in [0.1, 0.15) is 22.3 Å². The van der Waals surface area contributed by atoms with Crippen molar-refractivity contribution in [3.63, 3.8) is 0 Å². The summed E-state index contributed by atoms with van der Waals surface area (Å²) in [4.78, 5) is 12.0. The maximum Gasteiger partial charge on any atom is 0.244 e. The molecule has 0 saturated carbocycles. The van der Waals surface area contributed by atoms with Gasteiger partial charge in [-0.15, -0.1) is 0 Å². The predicted molar refractivity (Wildman–Crippen MR) is 99.1 cm³/mol. The number of carbonyl (C=O) groups is 1. The van der Waals surface area contributed by atoms with Gasteiger partial charge in [0, 0.05) is 12.6 Å². The van der Waals surface area contributed by atoms with Crippen molar-refractivity contribution in [2.75, 3.05) is 19.8 Å². The lowest BCUT2D eigenvalue weighted by molar-refractivity contribution is -0.116. The minimum atomic E-state index is -0.0856. The van der Waals surface area contributed by atoms with E-state index in [2.05, 4.69) is 18.3 Å². The van der Waals surface area contributed by atoms with E-state index in [1.807, 2.05) is 43.3 Å². The number of benzene rings is 2. The van der Waals surface area contributed by atoms with E-state index in [1.54, 1.807) is 6.08 Å². The molecule has 0 spiro atoms. The van der Waals surface area contributed by atoms with Crippen LogP contribution in [0.4, 0.5) is 0 Å². The van der Waals surface area contributed by atoms with Gasteiger partial charge in [-0.3, -0.25) is 4.79 Å². The number of nitrogens with one attached hydrogen (secondary N) is 1. The second-order valence-electron chi connectivity index (χ2n) is 6.21. The number of hydrogen-bond donors (Lipinski definition) is 1. The third kappa shape index (κ3) is 4.63. The Hall–Kier alpha value is -2.75. The van der Waals surface area contributed by atoms with Crippen molar-refractivity contribution in [1.29, 1.82) is 0 Å². The molecular weight excluding hydrogens is 314 g/mol. The molecule has 25 heavy (non-hydrogen) atoms. The quantitative estimate of drug-likeness (QED) is 0.850. The molecule has 0 unspecified atom stereocenters. The molecule has 2 aromatic rings. The topological polar surface area (TPSA) is 47.6 Å². The van der Waals surface area contributed by atoms with Crippen molar-refractivity contribution in [2.24, 2.45) is 0 Å². The van der Waals surface area contributed by atoms with Crippen LogP contribution in [-0.4, -0.2) is 25.7 Å². The highest BCUT2D eigenvalue weighted by atomic mass is 16.6. The summed E-state index contributed by atoms with van der Waals surface area (Å²) in [6.45, 7) is 5.86. The number of rotatable bonds is 5. The Morgan fingerprint density at radius 2 is 1.88 bits per heavy atom. The van der Waals surface area contributed by atoms with Gasteiger partial charge in [-0.2, -0.15) is 0 Å². The average molecular weight is 337 g/mol. The number of ether oxygens (including phenoxy) is 2. The molecule has 1 heterocycles. The number of fused-ring (bicyclic) bond motifs is 1.